The number of aryl methyl sites for hydroxylation is 1. The average molecular weight is 360 g/mol. The number of carbonyl (C=O) groups is 1. The lowest BCUT2D eigenvalue weighted by molar-refractivity contribution is -0.147. The second-order valence-electron chi connectivity index (χ2n) is 8.09. The summed E-state index contributed by atoms with van der Waals surface area (Å²) in [5.74, 6) is 1.44. The first-order valence-electron chi connectivity index (χ1n) is 10.2. The van der Waals surface area contributed by atoms with Gasteiger partial charge in [-0.25, -0.2) is 0 Å². The zero-order valence-electron chi connectivity index (χ0n) is 16.5. The van der Waals surface area contributed by atoms with Crippen molar-refractivity contribution in [1.82, 2.24) is 0 Å². The standard InChI is InChI=1S/C22H33NO3/c1-4-25-22(13-7-8-16(2)15-22)21(24)23-18-11-12-20(17(3)14-18)26-19-9-5-6-10-19/h11-12,14,16,19H,4-10,13,15H2,1-3H3,(H,23,24)/t16-,22+/m1/s1. The Hall–Kier alpha value is -1.55. The minimum absolute atomic E-state index is 0.00485. The fraction of sp³-hybridized carbons (Fsp3) is 0.682. The van der Waals surface area contributed by atoms with Crippen molar-refractivity contribution in [3.63, 3.8) is 0 Å². The van der Waals surface area contributed by atoms with Gasteiger partial charge in [0.1, 0.15) is 11.4 Å². The summed E-state index contributed by atoms with van der Waals surface area (Å²) >= 11 is 0. The van der Waals surface area contributed by atoms with Gasteiger partial charge in [-0.15, -0.1) is 0 Å². The van der Waals surface area contributed by atoms with Gasteiger partial charge in [0.15, 0.2) is 0 Å². The Balaban J connectivity index is 1.68. The monoisotopic (exact) mass is 359 g/mol. The summed E-state index contributed by atoms with van der Waals surface area (Å²) in [4.78, 5) is 13.0. The molecule has 2 aliphatic rings. The first-order chi connectivity index (χ1) is 12.5. The quantitative estimate of drug-likeness (QED) is 0.755. The Morgan fingerprint density at radius 3 is 2.65 bits per heavy atom. The first kappa shape index (κ1) is 19.2. The van der Waals surface area contributed by atoms with Gasteiger partial charge in [-0.05, 0) is 88.5 Å². The number of amides is 1. The van der Waals surface area contributed by atoms with E-state index >= 15 is 0 Å². The Morgan fingerprint density at radius 1 is 1.23 bits per heavy atom. The molecule has 3 rings (SSSR count). The van der Waals surface area contributed by atoms with Crippen LogP contribution in [0.2, 0.25) is 0 Å². The summed E-state index contributed by atoms with van der Waals surface area (Å²) in [6.45, 7) is 6.78. The summed E-state index contributed by atoms with van der Waals surface area (Å²) in [5.41, 5.74) is 1.21. The lowest BCUT2D eigenvalue weighted by Crippen LogP contribution is -2.48. The molecular formula is C22H33NO3. The highest BCUT2D eigenvalue weighted by molar-refractivity contribution is 5.97. The van der Waals surface area contributed by atoms with E-state index in [2.05, 4.69) is 12.2 Å². The third-order valence-electron chi connectivity index (χ3n) is 5.82. The summed E-state index contributed by atoms with van der Waals surface area (Å²) < 4.78 is 12.1. The molecule has 0 saturated heterocycles. The summed E-state index contributed by atoms with van der Waals surface area (Å²) in [6, 6.07) is 5.94. The van der Waals surface area contributed by atoms with Crippen LogP contribution >= 0.6 is 0 Å². The van der Waals surface area contributed by atoms with Crippen molar-refractivity contribution in [3.05, 3.63) is 23.8 Å². The predicted molar refractivity (Wildman–Crippen MR) is 105 cm³/mol. The minimum atomic E-state index is -0.681. The molecule has 0 radical (unpaired) electrons. The molecule has 1 N–H and O–H groups in total. The smallest absolute Gasteiger partial charge is 0.256 e. The van der Waals surface area contributed by atoms with E-state index in [1.54, 1.807) is 0 Å². The van der Waals surface area contributed by atoms with Crippen molar-refractivity contribution < 1.29 is 14.3 Å². The molecule has 4 heteroatoms. The summed E-state index contributed by atoms with van der Waals surface area (Å²) in [5, 5.41) is 3.10. The van der Waals surface area contributed by atoms with Crippen molar-refractivity contribution in [1.29, 1.82) is 0 Å². The summed E-state index contributed by atoms with van der Waals surface area (Å²) in [6.07, 6.45) is 8.98. The molecule has 2 atom stereocenters. The van der Waals surface area contributed by atoms with Crippen LogP contribution in [0.15, 0.2) is 18.2 Å². The van der Waals surface area contributed by atoms with E-state index in [1.807, 2.05) is 32.0 Å². The van der Waals surface area contributed by atoms with Crippen LogP contribution in [-0.4, -0.2) is 24.2 Å². The van der Waals surface area contributed by atoms with Gasteiger partial charge in [0, 0.05) is 12.3 Å². The Morgan fingerprint density at radius 2 is 2.00 bits per heavy atom. The molecule has 4 nitrogen and oxygen atoms in total. The molecule has 1 aromatic carbocycles. The van der Waals surface area contributed by atoms with E-state index in [9.17, 15) is 4.79 Å². The fourth-order valence-electron chi connectivity index (χ4n) is 4.47. The number of anilines is 1. The largest absolute Gasteiger partial charge is 0.490 e. The number of nitrogens with one attached hydrogen (secondary N) is 1. The van der Waals surface area contributed by atoms with E-state index in [-0.39, 0.29) is 5.91 Å². The van der Waals surface area contributed by atoms with E-state index in [0.717, 1.165) is 49.1 Å². The number of ether oxygens (including phenoxy) is 2. The topological polar surface area (TPSA) is 47.6 Å². The fourth-order valence-corrected chi connectivity index (χ4v) is 4.47. The maximum atomic E-state index is 13.0. The van der Waals surface area contributed by atoms with Crippen molar-refractivity contribution in [2.45, 2.75) is 83.8 Å². The molecule has 1 aromatic rings. The van der Waals surface area contributed by atoms with Crippen molar-refractivity contribution in [2.24, 2.45) is 5.92 Å². The highest BCUT2D eigenvalue weighted by Crippen LogP contribution is 2.36. The molecular weight excluding hydrogens is 326 g/mol. The normalized spacial score (nSPS) is 26.7. The van der Waals surface area contributed by atoms with Gasteiger partial charge in [0.2, 0.25) is 0 Å². The van der Waals surface area contributed by atoms with Crippen molar-refractivity contribution in [3.8, 4) is 5.75 Å². The highest BCUT2D eigenvalue weighted by Gasteiger charge is 2.42. The molecule has 0 aliphatic heterocycles. The Labute approximate surface area is 157 Å². The van der Waals surface area contributed by atoms with Crippen LogP contribution < -0.4 is 10.1 Å². The SMILES string of the molecule is CCO[C@@]1(C(=O)Nc2ccc(OC3CCCC3)c(C)c2)CCC[C@@H](C)C1. The second-order valence-corrected chi connectivity index (χ2v) is 8.09. The van der Waals surface area contributed by atoms with Crippen LogP contribution in [-0.2, 0) is 9.53 Å². The molecule has 2 saturated carbocycles. The molecule has 26 heavy (non-hydrogen) atoms. The Kier molecular flexibility index (Phi) is 6.23. The van der Waals surface area contributed by atoms with Crippen LogP contribution in [0.5, 0.6) is 5.75 Å². The van der Waals surface area contributed by atoms with Crippen LogP contribution in [0, 0.1) is 12.8 Å². The van der Waals surface area contributed by atoms with Gasteiger partial charge >= 0.3 is 0 Å². The van der Waals surface area contributed by atoms with Crippen LogP contribution in [0.25, 0.3) is 0 Å². The van der Waals surface area contributed by atoms with Gasteiger partial charge in [0.05, 0.1) is 6.10 Å². The molecule has 0 spiro atoms. The summed E-state index contributed by atoms with van der Waals surface area (Å²) in [7, 11) is 0. The molecule has 0 bridgehead atoms. The number of rotatable bonds is 6. The van der Waals surface area contributed by atoms with E-state index in [4.69, 9.17) is 9.47 Å². The predicted octanol–water partition coefficient (Wildman–Crippen LogP) is 5.24. The van der Waals surface area contributed by atoms with E-state index in [0.29, 0.717) is 18.6 Å². The lowest BCUT2D eigenvalue weighted by atomic mass is 9.78. The van der Waals surface area contributed by atoms with Crippen molar-refractivity contribution >= 4 is 11.6 Å². The molecule has 144 valence electrons. The molecule has 0 unspecified atom stereocenters. The van der Waals surface area contributed by atoms with Crippen LogP contribution in [0.3, 0.4) is 0 Å². The van der Waals surface area contributed by atoms with Gasteiger partial charge in [-0.3, -0.25) is 4.79 Å². The van der Waals surface area contributed by atoms with Gasteiger partial charge < -0.3 is 14.8 Å². The minimum Gasteiger partial charge on any atom is -0.490 e. The second kappa shape index (κ2) is 8.43. The van der Waals surface area contributed by atoms with Gasteiger partial charge in [0.25, 0.3) is 5.91 Å². The van der Waals surface area contributed by atoms with Crippen molar-refractivity contribution in [2.75, 3.05) is 11.9 Å². The molecule has 1 amide bonds. The maximum absolute atomic E-state index is 13.0. The van der Waals surface area contributed by atoms with Crippen LogP contribution in [0.1, 0.15) is 70.8 Å². The van der Waals surface area contributed by atoms with E-state index < -0.39 is 5.60 Å². The Bertz CT molecular complexity index is 620. The van der Waals surface area contributed by atoms with E-state index in [1.165, 1.54) is 19.3 Å². The molecule has 0 heterocycles. The molecule has 2 fully saturated rings. The first-order valence-corrected chi connectivity index (χ1v) is 10.2. The number of hydrogen-bond donors (Lipinski definition) is 1. The molecule has 0 aromatic heterocycles. The van der Waals surface area contributed by atoms with Gasteiger partial charge in [-0.1, -0.05) is 13.3 Å². The number of benzene rings is 1. The third kappa shape index (κ3) is 4.40. The number of hydrogen-bond acceptors (Lipinski definition) is 3. The zero-order chi connectivity index (χ0) is 18.6. The highest BCUT2D eigenvalue weighted by atomic mass is 16.5. The zero-order valence-corrected chi connectivity index (χ0v) is 16.5. The average Bonchev–Trinajstić information content (AvgIpc) is 3.11. The number of carbonyl (C=O) groups excluding carboxylic acids is 1. The lowest BCUT2D eigenvalue weighted by Gasteiger charge is -2.38. The molecule has 2 aliphatic carbocycles. The van der Waals surface area contributed by atoms with Gasteiger partial charge in [-0.2, -0.15) is 0 Å². The van der Waals surface area contributed by atoms with Crippen LogP contribution in [0.4, 0.5) is 5.69 Å². The maximum Gasteiger partial charge on any atom is 0.256 e. The third-order valence-corrected chi connectivity index (χ3v) is 5.82.